The molecule has 0 saturated heterocycles. The largest absolute Gasteiger partial charge is 0.394 e. The summed E-state index contributed by atoms with van der Waals surface area (Å²) in [6.45, 7) is 3.98. The molecule has 0 aliphatic carbocycles. The molecule has 0 bridgehead atoms. The Morgan fingerprint density at radius 2 is 2.25 bits per heavy atom. The highest BCUT2D eigenvalue weighted by Gasteiger charge is 2.21. The van der Waals surface area contributed by atoms with Gasteiger partial charge in [-0.1, -0.05) is 30.3 Å². The summed E-state index contributed by atoms with van der Waals surface area (Å²) >= 11 is 7.31. The summed E-state index contributed by atoms with van der Waals surface area (Å²) in [6, 6.07) is 1.66. The Morgan fingerprint density at radius 3 is 2.75 bits per heavy atom. The van der Waals surface area contributed by atoms with E-state index < -0.39 is 0 Å². The maximum atomic E-state index is 9.30. The Kier molecular flexibility index (Phi) is 4.83. The fourth-order valence-corrected chi connectivity index (χ4v) is 1.71. The van der Waals surface area contributed by atoms with Crippen LogP contribution >= 0.6 is 23.4 Å². The molecule has 0 saturated carbocycles. The van der Waals surface area contributed by atoms with E-state index in [1.807, 2.05) is 20.1 Å². The number of thioether (sulfide) groups is 1. The SMILES string of the molecule is CCC(C)(CO)Nc1cc(Cl)nc(SC)n1. The summed E-state index contributed by atoms with van der Waals surface area (Å²) in [6.07, 6.45) is 2.68. The van der Waals surface area contributed by atoms with E-state index in [-0.39, 0.29) is 12.1 Å². The molecule has 0 spiro atoms. The molecular weight excluding hydrogens is 246 g/mol. The summed E-state index contributed by atoms with van der Waals surface area (Å²) < 4.78 is 0. The first kappa shape index (κ1) is 13.5. The van der Waals surface area contributed by atoms with E-state index in [2.05, 4.69) is 15.3 Å². The molecule has 0 amide bonds. The molecule has 4 nitrogen and oxygen atoms in total. The number of hydrogen-bond acceptors (Lipinski definition) is 5. The van der Waals surface area contributed by atoms with Gasteiger partial charge >= 0.3 is 0 Å². The maximum absolute atomic E-state index is 9.30. The van der Waals surface area contributed by atoms with Crippen LogP contribution in [-0.4, -0.2) is 33.5 Å². The Morgan fingerprint density at radius 1 is 1.56 bits per heavy atom. The summed E-state index contributed by atoms with van der Waals surface area (Å²) in [4.78, 5) is 8.33. The van der Waals surface area contributed by atoms with E-state index in [1.165, 1.54) is 11.8 Å². The minimum atomic E-state index is -0.382. The van der Waals surface area contributed by atoms with Crippen molar-refractivity contribution in [3.05, 3.63) is 11.2 Å². The van der Waals surface area contributed by atoms with E-state index in [9.17, 15) is 5.11 Å². The number of nitrogens with zero attached hydrogens (tertiary/aromatic N) is 2. The van der Waals surface area contributed by atoms with Gasteiger partial charge in [0, 0.05) is 6.07 Å². The molecule has 0 radical (unpaired) electrons. The van der Waals surface area contributed by atoms with Gasteiger partial charge in [-0.15, -0.1) is 0 Å². The zero-order valence-electron chi connectivity index (χ0n) is 9.62. The van der Waals surface area contributed by atoms with Crippen LogP contribution in [0.4, 0.5) is 5.82 Å². The molecule has 2 N–H and O–H groups in total. The molecule has 1 rings (SSSR count). The Balaban J connectivity index is 2.92. The smallest absolute Gasteiger partial charge is 0.190 e. The zero-order chi connectivity index (χ0) is 12.2. The van der Waals surface area contributed by atoms with Crippen LogP contribution in [0.3, 0.4) is 0 Å². The van der Waals surface area contributed by atoms with E-state index in [0.29, 0.717) is 16.1 Å². The van der Waals surface area contributed by atoms with Crippen LogP contribution < -0.4 is 5.32 Å². The molecule has 0 aromatic carbocycles. The average Bonchev–Trinajstić information content (AvgIpc) is 2.28. The van der Waals surface area contributed by atoms with Crippen molar-refractivity contribution in [1.82, 2.24) is 9.97 Å². The number of anilines is 1. The zero-order valence-corrected chi connectivity index (χ0v) is 11.2. The molecule has 0 aliphatic rings. The minimum absolute atomic E-state index is 0.0414. The Labute approximate surface area is 105 Å². The van der Waals surface area contributed by atoms with Crippen LogP contribution in [0.25, 0.3) is 0 Å². The second-order valence-electron chi connectivity index (χ2n) is 3.76. The highest BCUT2D eigenvalue weighted by atomic mass is 35.5. The van der Waals surface area contributed by atoms with Gasteiger partial charge in [-0.2, -0.15) is 0 Å². The van der Waals surface area contributed by atoms with Crippen LogP contribution in [-0.2, 0) is 0 Å². The van der Waals surface area contributed by atoms with Crippen molar-refractivity contribution in [3.8, 4) is 0 Å². The number of aliphatic hydroxyl groups is 1. The summed E-state index contributed by atoms with van der Waals surface area (Å²) in [7, 11) is 0. The summed E-state index contributed by atoms with van der Waals surface area (Å²) in [5.41, 5.74) is -0.382. The third-order valence-corrected chi connectivity index (χ3v) is 3.16. The van der Waals surface area contributed by atoms with Gasteiger partial charge in [-0.05, 0) is 19.6 Å². The molecule has 1 heterocycles. The quantitative estimate of drug-likeness (QED) is 0.484. The number of halogens is 1. The highest BCUT2D eigenvalue weighted by molar-refractivity contribution is 7.98. The average molecular weight is 262 g/mol. The Bertz CT molecular complexity index is 358. The normalized spacial score (nSPS) is 14.6. The van der Waals surface area contributed by atoms with E-state index >= 15 is 0 Å². The standard InChI is InChI=1S/C10H16ClN3OS/c1-4-10(2,6-15)14-8-5-7(11)12-9(13-8)16-3/h5,15H,4,6H2,1-3H3,(H,12,13,14). The van der Waals surface area contributed by atoms with Gasteiger partial charge in [0.05, 0.1) is 12.1 Å². The van der Waals surface area contributed by atoms with Crippen LogP contribution in [0, 0.1) is 0 Å². The number of nitrogens with one attached hydrogen (secondary N) is 1. The first-order valence-corrected chi connectivity index (χ1v) is 6.61. The van der Waals surface area contributed by atoms with Crippen molar-refractivity contribution in [2.75, 3.05) is 18.2 Å². The number of aromatic nitrogens is 2. The topological polar surface area (TPSA) is 58.0 Å². The van der Waals surface area contributed by atoms with Gasteiger partial charge in [-0.3, -0.25) is 0 Å². The lowest BCUT2D eigenvalue weighted by molar-refractivity contribution is 0.218. The molecule has 6 heteroatoms. The van der Waals surface area contributed by atoms with Crippen LogP contribution in [0.2, 0.25) is 5.15 Å². The molecular formula is C10H16ClN3OS. The summed E-state index contributed by atoms with van der Waals surface area (Å²) in [5, 5.41) is 13.5. The molecule has 0 fully saturated rings. The minimum Gasteiger partial charge on any atom is -0.394 e. The van der Waals surface area contributed by atoms with Gasteiger partial charge < -0.3 is 10.4 Å². The van der Waals surface area contributed by atoms with Gasteiger partial charge in [0.25, 0.3) is 0 Å². The second kappa shape index (κ2) is 5.70. The first-order chi connectivity index (χ1) is 7.53. The number of rotatable bonds is 5. The summed E-state index contributed by atoms with van der Waals surface area (Å²) in [5.74, 6) is 0.641. The Hall–Kier alpha value is -0.520. The lowest BCUT2D eigenvalue weighted by Crippen LogP contribution is -2.38. The monoisotopic (exact) mass is 261 g/mol. The van der Waals surface area contributed by atoms with Crippen molar-refractivity contribution >= 4 is 29.2 Å². The number of aliphatic hydroxyl groups excluding tert-OH is 1. The molecule has 1 aromatic rings. The predicted molar refractivity (Wildman–Crippen MR) is 68.2 cm³/mol. The molecule has 90 valence electrons. The maximum Gasteiger partial charge on any atom is 0.190 e. The third-order valence-electron chi connectivity index (χ3n) is 2.42. The van der Waals surface area contributed by atoms with Gasteiger partial charge in [0.2, 0.25) is 0 Å². The lowest BCUT2D eigenvalue weighted by Gasteiger charge is -2.27. The highest BCUT2D eigenvalue weighted by Crippen LogP contribution is 2.21. The first-order valence-electron chi connectivity index (χ1n) is 5.00. The molecule has 1 aromatic heterocycles. The van der Waals surface area contributed by atoms with Crippen molar-refractivity contribution in [1.29, 1.82) is 0 Å². The fourth-order valence-electron chi connectivity index (χ4n) is 1.10. The van der Waals surface area contributed by atoms with Crippen LogP contribution in [0.15, 0.2) is 11.2 Å². The molecule has 1 unspecified atom stereocenters. The van der Waals surface area contributed by atoms with E-state index in [0.717, 1.165) is 6.42 Å². The van der Waals surface area contributed by atoms with Gasteiger partial charge in [0.1, 0.15) is 11.0 Å². The molecule has 16 heavy (non-hydrogen) atoms. The van der Waals surface area contributed by atoms with Crippen molar-refractivity contribution < 1.29 is 5.11 Å². The van der Waals surface area contributed by atoms with E-state index in [1.54, 1.807) is 6.07 Å². The van der Waals surface area contributed by atoms with E-state index in [4.69, 9.17) is 11.6 Å². The predicted octanol–water partition coefficient (Wildman–Crippen LogP) is 2.42. The van der Waals surface area contributed by atoms with Gasteiger partial charge in [0.15, 0.2) is 5.16 Å². The van der Waals surface area contributed by atoms with Crippen molar-refractivity contribution in [2.45, 2.75) is 31.0 Å². The van der Waals surface area contributed by atoms with Gasteiger partial charge in [-0.25, -0.2) is 9.97 Å². The second-order valence-corrected chi connectivity index (χ2v) is 4.92. The number of hydrogen-bond donors (Lipinski definition) is 2. The van der Waals surface area contributed by atoms with Crippen molar-refractivity contribution in [2.24, 2.45) is 0 Å². The van der Waals surface area contributed by atoms with Crippen LogP contribution in [0.1, 0.15) is 20.3 Å². The molecule has 0 aliphatic heterocycles. The third kappa shape index (κ3) is 3.50. The van der Waals surface area contributed by atoms with Crippen molar-refractivity contribution in [3.63, 3.8) is 0 Å². The lowest BCUT2D eigenvalue weighted by atomic mass is 10.0. The molecule has 1 atom stereocenters. The van der Waals surface area contributed by atoms with Crippen LogP contribution in [0.5, 0.6) is 0 Å². The fraction of sp³-hybridized carbons (Fsp3) is 0.600.